The first kappa shape index (κ1) is 12.9. The molecular weight excluding hydrogens is 279 g/mol. The lowest BCUT2D eigenvalue weighted by Gasteiger charge is -1.99. The summed E-state index contributed by atoms with van der Waals surface area (Å²) in [6.07, 6.45) is -0.255. The molecule has 0 aliphatic heterocycles. The number of hydrogen-bond donors (Lipinski definition) is 1. The van der Waals surface area contributed by atoms with Gasteiger partial charge in [0.2, 0.25) is 0 Å². The van der Waals surface area contributed by atoms with Crippen molar-refractivity contribution in [3.8, 4) is 23.3 Å². The van der Waals surface area contributed by atoms with Gasteiger partial charge in [0, 0.05) is 0 Å². The molecule has 2 aromatic carbocycles. The minimum Gasteiger partial charge on any atom is -0.508 e. The molecule has 0 fully saturated rings. The number of ether oxygens (including phenoxy) is 1. The van der Waals surface area contributed by atoms with Crippen LogP contribution in [0.1, 0.15) is 0 Å². The van der Waals surface area contributed by atoms with Crippen LogP contribution in [0, 0.1) is 5.82 Å². The summed E-state index contributed by atoms with van der Waals surface area (Å²) >= 11 is 0. The molecule has 0 radical (unpaired) electrons. The molecule has 0 aliphatic carbocycles. The second-order valence-corrected chi connectivity index (χ2v) is 4.12. The van der Waals surface area contributed by atoms with Gasteiger partial charge in [-0.15, -0.1) is 0 Å². The zero-order valence-electron chi connectivity index (χ0n) is 10.6. The zero-order chi connectivity index (χ0) is 14.8. The van der Waals surface area contributed by atoms with Gasteiger partial charge in [-0.25, -0.2) is 9.18 Å². The predicted octanol–water partition coefficient (Wildman–Crippen LogP) is 2.46. The van der Waals surface area contributed by atoms with Crippen LogP contribution in [0.15, 0.2) is 57.7 Å². The van der Waals surface area contributed by atoms with Gasteiger partial charge in [-0.2, -0.15) is 4.68 Å². The Balaban J connectivity index is 1.89. The van der Waals surface area contributed by atoms with Crippen molar-refractivity contribution >= 4 is 0 Å². The number of phenols is 1. The molecule has 3 aromatic rings. The highest BCUT2D eigenvalue weighted by molar-refractivity contribution is 5.32. The summed E-state index contributed by atoms with van der Waals surface area (Å²) in [6, 6.07) is 11.0. The summed E-state index contributed by atoms with van der Waals surface area (Å²) in [5.41, 5.74) is 0.353. The Hall–Kier alpha value is -3.09. The number of rotatable bonds is 3. The third-order valence-corrected chi connectivity index (χ3v) is 2.64. The van der Waals surface area contributed by atoms with Crippen LogP contribution in [-0.4, -0.2) is 14.9 Å². The molecule has 0 saturated carbocycles. The third-order valence-electron chi connectivity index (χ3n) is 2.64. The molecule has 7 heteroatoms. The van der Waals surface area contributed by atoms with Gasteiger partial charge in [0.05, 0.1) is 5.69 Å². The van der Waals surface area contributed by atoms with Gasteiger partial charge < -0.3 is 14.3 Å². The molecule has 0 spiro atoms. The van der Waals surface area contributed by atoms with Crippen LogP contribution < -0.4 is 10.5 Å². The molecule has 0 saturated heterocycles. The van der Waals surface area contributed by atoms with Gasteiger partial charge in [0.25, 0.3) is 0 Å². The van der Waals surface area contributed by atoms with Crippen molar-refractivity contribution < 1.29 is 18.7 Å². The standard InChI is InChI=1S/C14H9FN2O4/c15-9-1-3-10(4-2-9)17-14(19)21-13(16-17)20-12-7-5-11(18)6-8-12/h1-8,18H. The predicted molar refractivity (Wildman–Crippen MR) is 70.2 cm³/mol. The molecule has 1 heterocycles. The number of halogens is 1. The fourth-order valence-electron chi connectivity index (χ4n) is 1.66. The van der Waals surface area contributed by atoms with Gasteiger partial charge in [-0.3, -0.25) is 0 Å². The Morgan fingerprint density at radius 1 is 1.10 bits per heavy atom. The lowest BCUT2D eigenvalue weighted by molar-refractivity contribution is 0.319. The quantitative estimate of drug-likeness (QED) is 0.801. The van der Waals surface area contributed by atoms with E-state index in [9.17, 15) is 9.18 Å². The van der Waals surface area contributed by atoms with Crippen LogP contribution in [0.5, 0.6) is 17.6 Å². The average molecular weight is 288 g/mol. The Bertz CT molecular complexity index is 806. The summed E-state index contributed by atoms with van der Waals surface area (Å²) in [4.78, 5) is 11.7. The van der Waals surface area contributed by atoms with Crippen molar-refractivity contribution in [3.63, 3.8) is 0 Å². The molecule has 0 bridgehead atoms. The maximum Gasteiger partial charge on any atom is 0.444 e. The molecule has 0 amide bonds. The SMILES string of the molecule is O=c1oc(Oc2ccc(O)cc2)nn1-c1ccc(F)cc1. The average Bonchev–Trinajstić information content (AvgIpc) is 2.83. The van der Waals surface area contributed by atoms with Crippen molar-refractivity contribution in [2.24, 2.45) is 0 Å². The fraction of sp³-hybridized carbons (Fsp3) is 0. The minimum absolute atomic E-state index is 0.0839. The van der Waals surface area contributed by atoms with E-state index in [-0.39, 0.29) is 11.8 Å². The van der Waals surface area contributed by atoms with Gasteiger partial charge in [0.1, 0.15) is 17.3 Å². The largest absolute Gasteiger partial charge is 0.508 e. The van der Waals surface area contributed by atoms with E-state index in [1.54, 1.807) is 0 Å². The second kappa shape index (κ2) is 5.12. The first-order valence-corrected chi connectivity index (χ1v) is 5.95. The smallest absolute Gasteiger partial charge is 0.444 e. The normalized spacial score (nSPS) is 10.5. The third kappa shape index (κ3) is 2.76. The molecule has 0 unspecified atom stereocenters. The Morgan fingerprint density at radius 2 is 1.76 bits per heavy atom. The Morgan fingerprint density at radius 3 is 2.43 bits per heavy atom. The van der Waals surface area contributed by atoms with E-state index in [1.165, 1.54) is 48.5 Å². The van der Waals surface area contributed by atoms with E-state index in [1.807, 2.05) is 0 Å². The molecule has 106 valence electrons. The number of phenolic OH excluding ortho intramolecular Hbond substituents is 1. The van der Waals surface area contributed by atoms with Gasteiger partial charge in [0.15, 0.2) is 0 Å². The van der Waals surface area contributed by atoms with Crippen molar-refractivity contribution in [1.29, 1.82) is 0 Å². The van der Waals surface area contributed by atoms with E-state index < -0.39 is 11.6 Å². The van der Waals surface area contributed by atoms with Crippen LogP contribution >= 0.6 is 0 Å². The number of aromatic nitrogens is 2. The lowest BCUT2D eigenvalue weighted by Crippen LogP contribution is -2.13. The van der Waals surface area contributed by atoms with Crippen molar-refractivity contribution in [1.82, 2.24) is 9.78 Å². The van der Waals surface area contributed by atoms with Crippen LogP contribution in [0.4, 0.5) is 4.39 Å². The first-order valence-electron chi connectivity index (χ1n) is 5.95. The van der Waals surface area contributed by atoms with Crippen LogP contribution in [-0.2, 0) is 0 Å². The number of benzene rings is 2. The Kier molecular flexibility index (Phi) is 3.15. The molecule has 1 aromatic heterocycles. The summed E-state index contributed by atoms with van der Waals surface area (Å²) in [6.45, 7) is 0. The monoisotopic (exact) mass is 288 g/mol. The van der Waals surface area contributed by atoms with Gasteiger partial charge in [-0.05, 0) is 48.5 Å². The number of aromatic hydroxyl groups is 1. The molecule has 3 rings (SSSR count). The van der Waals surface area contributed by atoms with Crippen molar-refractivity contribution in [3.05, 3.63) is 64.9 Å². The minimum atomic E-state index is -0.754. The molecule has 6 nitrogen and oxygen atoms in total. The summed E-state index contributed by atoms with van der Waals surface area (Å²) < 4.78 is 23.9. The van der Waals surface area contributed by atoms with Crippen molar-refractivity contribution in [2.75, 3.05) is 0 Å². The van der Waals surface area contributed by atoms with E-state index in [0.29, 0.717) is 11.4 Å². The fourth-order valence-corrected chi connectivity index (χ4v) is 1.66. The van der Waals surface area contributed by atoms with E-state index in [4.69, 9.17) is 14.3 Å². The van der Waals surface area contributed by atoms with Crippen molar-refractivity contribution in [2.45, 2.75) is 0 Å². The van der Waals surface area contributed by atoms with E-state index in [2.05, 4.69) is 5.10 Å². The second-order valence-electron chi connectivity index (χ2n) is 4.12. The van der Waals surface area contributed by atoms with Crippen LogP contribution in [0.25, 0.3) is 5.69 Å². The number of nitrogens with zero attached hydrogens (tertiary/aromatic N) is 2. The summed E-state index contributed by atoms with van der Waals surface area (Å²) in [5.74, 6) is -0.743. The maximum atomic E-state index is 12.9. The van der Waals surface area contributed by atoms with E-state index >= 15 is 0 Å². The number of hydrogen-bond acceptors (Lipinski definition) is 5. The highest BCUT2D eigenvalue weighted by Gasteiger charge is 2.12. The van der Waals surface area contributed by atoms with Crippen LogP contribution in [0.2, 0.25) is 0 Å². The lowest BCUT2D eigenvalue weighted by atomic mass is 10.3. The molecule has 0 aliphatic rings. The Labute approximate surface area is 117 Å². The first-order chi connectivity index (χ1) is 10.1. The highest BCUT2D eigenvalue weighted by atomic mass is 19.1. The maximum absolute atomic E-state index is 12.9. The highest BCUT2D eigenvalue weighted by Crippen LogP contribution is 2.21. The van der Waals surface area contributed by atoms with Gasteiger partial charge in [-0.1, -0.05) is 5.10 Å². The van der Waals surface area contributed by atoms with Crippen LogP contribution in [0.3, 0.4) is 0 Å². The van der Waals surface area contributed by atoms with E-state index in [0.717, 1.165) is 4.68 Å². The zero-order valence-corrected chi connectivity index (χ0v) is 10.6. The topological polar surface area (TPSA) is 77.5 Å². The molecular formula is C14H9FN2O4. The molecule has 0 atom stereocenters. The van der Waals surface area contributed by atoms with Gasteiger partial charge >= 0.3 is 11.8 Å². The molecule has 21 heavy (non-hydrogen) atoms. The summed E-state index contributed by atoms with van der Waals surface area (Å²) in [5, 5.41) is 13.0. The molecule has 1 N–H and O–H groups in total. The summed E-state index contributed by atoms with van der Waals surface area (Å²) in [7, 11) is 0.